The Bertz CT molecular complexity index is 320. The van der Waals surface area contributed by atoms with Gasteiger partial charge >= 0.3 is 0 Å². The van der Waals surface area contributed by atoms with Crippen LogP contribution >= 0.6 is 0 Å². The minimum Gasteiger partial charge on any atom is -0.310 e. The van der Waals surface area contributed by atoms with Gasteiger partial charge in [0.25, 0.3) is 0 Å². The van der Waals surface area contributed by atoms with E-state index in [0.29, 0.717) is 17.5 Å². The van der Waals surface area contributed by atoms with Crippen LogP contribution in [0.2, 0.25) is 0 Å². The van der Waals surface area contributed by atoms with Crippen LogP contribution in [0.3, 0.4) is 0 Å². The number of nitrogens with one attached hydrogen (secondary N) is 1. The molecule has 0 aliphatic heterocycles. The van der Waals surface area contributed by atoms with Gasteiger partial charge in [0, 0.05) is 12.6 Å². The van der Waals surface area contributed by atoms with E-state index in [1.165, 1.54) is 0 Å². The van der Waals surface area contributed by atoms with E-state index < -0.39 is 0 Å². The normalized spacial score (nSPS) is 13.2. The molecule has 0 aliphatic rings. The minimum absolute atomic E-state index is 0.119. The lowest BCUT2D eigenvalue weighted by Gasteiger charge is -2.17. The van der Waals surface area contributed by atoms with Crippen LogP contribution in [0.1, 0.15) is 31.9 Å². The number of benzene rings is 1. The molecule has 1 aromatic rings. The van der Waals surface area contributed by atoms with Crippen LogP contribution < -0.4 is 5.32 Å². The Balaban J connectivity index is 2.55. The van der Waals surface area contributed by atoms with Gasteiger partial charge in [0.1, 0.15) is 5.82 Å². The van der Waals surface area contributed by atoms with Gasteiger partial charge < -0.3 is 5.32 Å². The number of halogens is 1. The van der Waals surface area contributed by atoms with Gasteiger partial charge in [0.15, 0.2) is 0 Å². The number of aryl methyl sites for hydroxylation is 1. The number of hydrogen-bond donors (Lipinski definition) is 1. The standard InChI is InChI=1S/C13H20FN/c1-9(2)11(4)15-8-12-6-5-10(3)13(14)7-12/h5-7,9,11,15H,8H2,1-4H3. The minimum atomic E-state index is -0.119. The summed E-state index contributed by atoms with van der Waals surface area (Å²) in [7, 11) is 0. The molecule has 84 valence electrons. The van der Waals surface area contributed by atoms with Crippen LogP contribution in [0.5, 0.6) is 0 Å². The molecule has 1 N–H and O–H groups in total. The van der Waals surface area contributed by atoms with Gasteiger partial charge in [0.05, 0.1) is 0 Å². The van der Waals surface area contributed by atoms with Crippen molar-refractivity contribution < 1.29 is 4.39 Å². The average molecular weight is 209 g/mol. The van der Waals surface area contributed by atoms with Crippen molar-refractivity contribution >= 4 is 0 Å². The maximum atomic E-state index is 13.2. The number of rotatable bonds is 4. The Labute approximate surface area is 91.7 Å². The van der Waals surface area contributed by atoms with Crippen LogP contribution in [0, 0.1) is 18.7 Å². The second-order valence-corrected chi connectivity index (χ2v) is 4.50. The molecule has 0 saturated carbocycles. The van der Waals surface area contributed by atoms with E-state index in [1.807, 2.05) is 12.1 Å². The van der Waals surface area contributed by atoms with Crippen LogP contribution in [0.15, 0.2) is 18.2 Å². The molecule has 2 heteroatoms. The molecule has 0 fully saturated rings. The predicted octanol–water partition coefficient (Wildman–Crippen LogP) is 3.27. The van der Waals surface area contributed by atoms with Crippen molar-refractivity contribution in [3.8, 4) is 0 Å². The lowest BCUT2D eigenvalue weighted by molar-refractivity contribution is 0.425. The van der Waals surface area contributed by atoms with Gasteiger partial charge in [-0.1, -0.05) is 26.0 Å². The third kappa shape index (κ3) is 3.63. The summed E-state index contributed by atoms with van der Waals surface area (Å²) in [6.45, 7) is 9.01. The highest BCUT2D eigenvalue weighted by atomic mass is 19.1. The van der Waals surface area contributed by atoms with Gasteiger partial charge in [-0.25, -0.2) is 4.39 Å². The first-order valence-electron chi connectivity index (χ1n) is 5.49. The smallest absolute Gasteiger partial charge is 0.126 e. The molecule has 1 nitrogen and oxygen atoms in total. The van der Waals surface area contributed by atoms with Gasteiger partial charge in [-0.3, -0.25) is 0 Å². The zero-order valence-electron chi connectivity index (χ0n) is 9.97. The first-order chi connectivity index (χ1) is 7.00. The first kappa shape index (κ1) is 12.2. The van der Waals surface area contributed by atoms with Crippen molar-refractivity contribution in [2.75, 3.05) is 0 Å². The van der Waals surface area contributed by atoms with Gasteiger partial charge in [-0.05, 0) is 37.0 Å². The van der Waals surface area contributed by atoms with E-state index in [9.17, 15) is 4.39 Å². The fourth-order valence-electron chi connectivity index (χ4n) is 1.26. The Morgan fingerprint density at radius 3 is 2.47 bits per heavy atom. The summed E-state index contributed by atoms with van der Waals surface area (Å²) in [6.07, 6.45) is 0. The first-order valence-corrected chi connectivity index (χ1v) is 5.49. The highest BCUT2D eigenvalue weighted by molar-refractivity contribution is 5.23. The molecule has 1 aromatic carbocycles. The second kappa shape index (κ2) is 5.26. The fraction of sp³-hybridized carbons (Fsp3) is 0.538. The highest BCUT2D eigenvalue weighted by Crippen LogP contribution is 2.09. The molecule has 0 bridgehead atoms. The summed E-state index contributed by atoms with van der Waals surface area (Å²) >= 11 is 0. The molecule has 0 aromatic heterocycles. The molecular weight excluding hydrogens is 189 g/mol. The lowest BCUT2D eigenvalue weighted by Crippen LogP contribution is -2.30. The molecule has 1 rings (SSSR count). The fourth-order valence-corrected chi connectivity index (χ4v) is 1.26. The lowest BCUT2D eigenvalue weighted by atomic mass is 10.1. The van der Waals surface area contributed by atoms with Crippen LogP contribution in [-0.2, 0) is 6.54 Å². The van der Waals surface area contributed by atoms with E-state index >= 15 is 0 Å². The maximum Gasteiger partial charge on any atom is 0.126 e. The van der Waals surface area contributed by atoms with Crippen molar-refractivity contribution in [2.45, 2.75) is 40.3 Å². The van der Waals surface area contributed by atoms with Crippen LogP contribution in [0.25, 0.3) is 0 Å². The topological polar surface area (TPSA) is 12.0 Å². The number of hydrogen-bond acceptors (Lipinski definition) is 1. The van der Waals surface area contributed by atoms with Crippen LogP contribution in [-0.4, -0.2) is 6.04 Å². The zero-order chi connectivity index (χ0) is 11.4. The summed E-state index contributed by atoms with van der Waals surface area (Å²) in [4.78, 5) is 0. The van der Waals surface area contributed by atoms with Crippen molar-refractivity contribution in [1.82, 2.24) is 5.32 Å². The molecule has 0 spiro atoms. The van der Waals surface area contributed by atoms with Gasteiger partial charge in [-0.2, -0.15) is 0 Å². The second-order valence-electron chi connectivity index (χ2n) is 4.50. The Morgan fingerprint density at radius 2 is 1.93 bits per heavy atom. The Hall–Kier alpha value is -0.890. The third-order valence-corrected chi connectivity index (χ3v) is 2.86. The summed E-state index contributed by atoms with van der Waals surface area (Å²) in [5, 5.41) is 3.38. The molecule has 0 heterocycles. The average Bonchev–Trinajstić information content (AvgIpc) is 2.19. The van der Waals surface area contributed by atoms with E-state index in [-0.39, 0.29) is 5.82 Å². The molecule has 0 amide bonds. The monoisotopic (exact) mass is 209 g/mol. The largest absolute Gasteiger partial charge is 0.310 e. The SMILES string of the molecule is Cc1ccc(CNC(C)C(C)C)cc1F. The van der Waals surface area contributed by atoms with Crippen molar-refractivity contribution in [2.24, 2.45) is 5.92 Å². The third-order valence-electron chi connectivity index (χ3n) is 2.86. The van der Waals surface area contributed by atoms with Crippen molar-refractivity contribution in [1.29, 1.82) is 0 Å². The molecule has 0 aliphatic carbocycles. The molecule has 15 heavy (non-hydrogen) atoms. The van der Waals surface area contributed by atoms with Crippen LogP contribution in [0.4, 0.5) is 4.39 Å². The van der Waals surface area contributed by atoms with Gasteiger partial charge in [-0.15, -0.1) is 0 Å². The predicted molar refractivity (Wildman–Crippen MR) is 62.3 cm³/mol. The van der Waals surface area contributed by atoms with Crippen molar-refractivity contribution in [3.63, 3.8) is 0 Å². The zero-order valence-corrected chi connectivity index (χ0v) is 9.97. The van der Waals surface area contributed by atoms with Crippen molar-refractivity contribution in [3.05, 3.63) is 35.1 Å². The van der Waals surface area contributed by atoms with Gasteiger partial charge in [0.2, 0.25) is 0 Å². The maximum absolute atomic E-state index is 13.2. The van der Waals surface area contributed by atoms with E-state index in [4.69, 9.17) is 0 Å². The summed E-state index contributed by atoms with van der Waals surface area (Å²) in [5.41, 5.74) is 1.71. The Morgan fingerprint density at radius 1 is 1.27 bits per heavy atom. The summed E-state index contributed by atoms with van der Waals surface area (Å²) in [5.74, 6) is 0.479. The van der Waals surface area contributed by atoms with E-state index in [1.54, 1.807) is 13.0 Å². The molecule has 0 radical (unpaired) electrons. The van der Waals surface area contributed by atoms with E-state index in [0.717, 1.165) is 12.1 Å². The molecule has 0 saturated heterocycles. The summed E-state index contributed by atoms with van der Waals surface area (Å²) in [6, 6.07) is 5.86. The molecular formula is C13H20FN. The highest BCUT2D eigenvalue weighted by Gasteiger charge is 2.06. The summed E-state index contributed by atoms with van der Waals surface area (Å²) < 4.78 is 13.2. The molecule has 1 unspecified atom stereocenters. The quantitative estimate of drug-likeness (QED) is 0.802. The Kier molecular flexibility index (Phi) is 4.28. The van der Waals surface area contributed by atoms with E-state index in [2.05, 4.69) is 26.1 Å². The molecule has 1 atom stereocenters.